The monoisotopic (exact) mass is 483 g/mol. The fourth-order valence-corrected chi connectivity index (χ4v) is 4.47. The van der Waals surface area contributed by atoms with E-state index in [0.29, 0.717) is 19.3 Å². The van der Waals surface area contributed by atoms with Gasteiger partial charge in [-0.1, -0.05) is 38.3 Å². The first kappa shape index (κ1) is 32.1. The number of carbonyl (C=O) groups excluding carboxylic acids is 1. The normalized spacial score (nSPS) is 11.8. The number of hydrogen-bond acceptors (Lipinski definition) is 4. The highest BCUT2D eigenvalue weighted by molar-refractivity contribution is 5.66. The highest BCUT2D eigenvalue weighted by Crippen LogP contribution is 2.19. The Balaban J connectivity index is 4.82. The van der Waals surface area contributed by atoms with Gasteiger partial charge in [-0.3, -0.25) is 9.59 Å². The van der Waals surface area contributed by atoms with Crippen molar-refractivity contribution in [1.82, 2.24) is 0 Å². The molecule has 0 unspecified atom stereocenters. The number of quaternary nitrogens is 1. The van der Waals surface area contributed by atoms with E-state index in [9.17, 15) is 19.5 Å². The number of carbonyl (C=O) groups is 3. The maximum Gasteiger partial charge on any atom is 0.303 e. The number of hydrogen-bond donors (Lipinski definition) is 2. The van der Waals surface area contributed by atoms with Gasteiger partial charge in [0.15, 0.2) is 0 Å². The summed E-state index contributed by atoms with van der Waals surface area (Å²) in [4.78, 5) is 32.6. The molecule has 0 aliphatic heterocycles. The van der Waals surface area contributed by atoms with E-state index in [4.69, 9.17) is 10.2 Å². The summed E-state index contributed by atoms with van der Waals surface area (Å²) in [5, 5.41) is 28.7. The third kappa shape index (κ3) is 20.7. The second kappa shape index (κ2) is 21.6. The van der Waals surface area contributed by atoms with Gasteiger partial charge in [0.1, 0.15) is 0 Å². The van der Waals surface area contributed by atoms with Crippen LogP contribution in [0.4, 0.5) is 0 Å². The maximum atomic E-state index is 10.9. The number of carboxylic acid groups (broad SMARTS) is 3. The molecule has 2 N–H and O–H groups in total. The Labute approximate surface area is 206 Å². The van der Waals surface area contributed by atoms with Gasteiger partial charge in [0.25, 0.3) is 0 Å². The molecular weight excluding hydrogens is 434 g/mol. The van der Waals surface area contributed by atoms with Crippen LogP contribution < -0.4 is 5.11 Å². The topological polar surface area (TPSA) is 115 Å². The molecule has 0 fully saturated rings. The van der Waals surface area contributed by atoms with Gasteiger partial charge in [0.2, 0.25) is 0 Å². The third-order valence-electron chi connectivity index (χ3n) is 6.45. The Morgan fingerprint density at radius 3 is 1.44 bits per heavy atom. The van der Waals surface area contributed by atoms with Crippen LogP contribution in [0.5, 0.6) is 0 Å². The Morgan fingerprint density at radius 2 is 1.03 bits per heavy atom. The number of carboxylic acids is 3. The fourth-order valence-electron chi connectivity index (χ4n) is 4.47. The summed E-state index contributed by atoms with van der Waals surface area (Å²) < 4.78 is 0.826. The number of aliphatic carboxylic acids is 3. The van der Waals surface area contributed by atoms with E-state index in [1.807, 2.05) is 0 Å². The van der Waals surface area contributed by atoms with Crippen LogP contribution in [0.2, 0.25) is 0 Å². The quantitative estimate of drug-likeness (QED) is 0.108. The molecule has 34 heavy (non-hydrogen) atoms. The van der Waals surface area contributed by atoms with Crippen LogP contribution >= 0.6 is 0 Å². The van der Waals surface area contributed by atoms with Crippen LogP contribution in [-0.2, 0) is 14.4 Å². The highest BCUT2D eigenvalue weighted by atomic mass is 16.4. The molecule has 7 nitrogen and oxygen atoms in total. The first-order valence-corrected chi connectivity index (χ1v) is 13.4. The fraction of sp³-hybridized carbons (Fsp3) is 0.815. The van der Waals surface area contributed by atoms with Crippen molar-refractivity contribution in [3.8, 4) is 0 Å². The second-order valence-electron chi connectivity index (χ2n) is 9.58. The largest absolute Gasteiger partial charge is 0.550 e. The first-order chi connectivity index (χ1) is 16.3. The molecule has 0 amide bonds. The average Bonchev–Trinajstić information content (AvgIpc) is 2.78. The Morgan fingerprint density at radius 1 is 0.618 bits per heavy atom. The zero-order valence-corrected chi connectivity index (χ0v) is 21.5. The Hall–Kier alpha value is -1.89. The van der Waals surface area contributed by atoms with E-state index >= 15 is 0 Å². The molecule has 0 bridgehead atoms. The van der Waals surface area contributed by atoms with Crippen LogP contribution in [0.15, 0.2) is 12.2 Å². The van der Waals surface area contributed by atoms with E-state index in [-0.39, 0.29) is 19.3 Å². The van der Waals surface area contributed by atoms with Crippen LogP contribution in [0.3, 0.4) is 0 Å². The summed E-state index contributed by atoms with van der Waals surface area (Å²) in [7, 11) is 0. The molecule has 0 heterocycles. The van der Waals surface area contributed by atoms with Crippen molar-refractivity contribution in [2.24, 2.45) is 0 Å². The van der Waals surface area contributed by atoms with Gasteiger partial charge in [-0.2, -0.15) is 0 Å². The van der Waals surface area contributed by atoms with E-state index < -0.39 is 17.9 Å². The smallest absolute Gasteiger partial charge is 0.303 e. The lowest BCUT2D eigenvalue weighted by atomic mass is 10.1. The lowest BCUT2D eigenvalue weighted by Gasteiger charge is -2.39. The molecule has 0 aromatic rings. The number of rotatable bonds is 25. The van der Waals surface area contributed by atoms with Gasteiger partial charge in [-0.05, 0) is 77.0 Å². The predicted molar refractivity (Wildman–Crippen MR) is 133 cm³/mol. The average molecular weight is 484 g/mol. The van der Waals surface area contributed by atoms with E-state index in [1.54, 1.807) is 0 Å². The molecule has 0 saturated heterocycles. The molecule has 0 aliphatic rings. The summed E-state index contributed by atoms with van der Waals surface area (Å²) in [6, 6.07) is 0. The van der Waals surface area contributed by atoms with Crippen LogP contribution in [0.25, 0.3) is 0 Å². The molecule has 0 rings (SSSR count). The van der Waals surface area contributed by atoms with Gasteiger partial charge in [0.05, 0.1) is 26.2 Å². The molecule has 0 aliphatic carbocycles. The van der Waals surface area contributed by atoms with Gasteiger partial charge < -0.3 is 24.6 Å². The molecule has 7 heteroatoms. The standard InChI is InChI=1S/C27H49NO6/c1-2-3-4-5-6-7-8-9-10-14-21-28(22-15-11-18-25(29)30,23-16-12-19-26(31)32)24-17-13-20-27(33)34/h7-8H,2-6,9-24H2,1H3,(H2-,29,30,31,32,33,34)/b8-7+. The van der Waals surface area contributed by atoms with Crippen molar-refractivity contribution in [2.45, 2.75) is 116 Å². The van der Waals surface area contributed by atoms with E-state index in [2.05, 4.69) is 19.1 Å². The summed E-state index contributed by atoms with van der Waals surface area (Å²) in [5.74, 6) is -2.59. The van der Waals surface area contributed by atoms with Gasteiger partial charge in [-0.25, -0.2) is 0 Å². The zero-order chi connectivity index (χ0) is 25.5. The minimum absolute atomic E-state index is 0.0566. The SMILES string of the molecule is CCCCCC/C=C/CCCC[N+](CCCCC(=O)[O-])(CCCCC(=O)O)CCCCC(=O)O. The van der Waals surface area contributed by atoms with Crippen LogP contribution in [-0.4, -0.2) is 58.8 Å². The van der Waals surface area contributed by atoms with E-state index in [0.717, 1.165) is 75.6 Å². The van der Waals surface area contributed by atoms with Gasteiger partial charge >= 0.3 is 11.9 Å². The third-order valence-corrected chi connectivity index (χ3v) is 6.45. The summed E-state index contributed by atoms with van der Waals surface area (Å²) in [6.45, 7) is 5.75. The molecule has 0 atom stereocenters. The number of unbranched alkanes of at least 4 members (excludes halogenated alkanes) is 9. The Kier molecular flexibility index (Phi) is 20.4. The van der Waals surface area contributed by atoms with Crippen LogP contribution in [0, 0.1) is 0 Å². The van der Waals surface area contributed by atoms with Crippen molar-refractivity contribution in [1.29, 1.82) is 0 Å². The second-order valence-corrected chi connectivity index (χ2v) is 9.58. The summed E-state index contributed by atoms with van der Waals surface area (Å²) >= 11 is 0. The molecular formula is C27H49NO6. The van der Waals surface area contributed by atoms with Crippen LogP contribution in [0.1, 0.15) is 116 Å². The van der Waals surface area contributed by atoms with E-state index in [1.165, 1.54) is 25.7 Å². The molecule has 0 saturated carbocycles. The molecule has 0 aromatic heterocycles. The number of nitrogens with zero attached hydrogens (tertiary/aromatic N) is 1. The van der Waals surface area contributed by atoms with Crippen molar-refractivity contribution in [3.63, 3.8) is 0 Å². The lowest BCUT2D eigenvalue weighted by molar-refractivity contribution is -0.929. The Bertz CT molecular complexity index is 520. The van der Waals surface area contributed by atoms with Gasteiger partial charge in [0, 0.05) is 18.8 Å². The van der Waals surface area contributed by atoms with Crippen molar-refractivity contribution in [3.05, 3.63) is 12.2 Å². The van der Waals surface area contributed by atoms with Crippen molar-refractivity contribution in [2.75, 3.05) is 26.2 Å². The molecule has 198 valence electrons. The minimum Gasteiger partial charge on any atom is -0.550 e. The minimum atomic E-state index is -1.03. The summed E-state index contributed by atoms with van der Waals surface area (Å²) in [6.07, 6.45) is 18.6. The molecule has 0 spiro atoms. The summed E-state index contributed by atoms with van der Waals surface area (Å²) in [5.41, 5.74) is 0. The molecule has 0 aromatic carbocycles. The maximum absolute atomic E-state index is 10.9. The highest BCUT2D eigenvalue weighted by Gasteiger charge is 2.26. The first-order valence-electron chi connectivity index (χ1n) is 13.4. The zero-order valence-electron chi connectivity index (χ0n) is 21.5. The number of allylic oxidation sites excluding steroid dienone is 2. The predicted octanol–water partition coefficient (Wildman–Crippen LogP) is 4.93. The van der Waals surface area contributed by atoms with Crippen molar-refractivity contribution >= 4 is 17.9 Å². The lowest BCUT2D eigenvalue weighted by Crippen LogP contribution is -2.51. The van der Waals surface area contributed by atoms with Gasteiger partial charge in [-0.15, -0.1) is 0 Å². The molecule has 0 radical (unpaired) electrons. The van der Waals surface area contributed by atoms with Crippen molar-refractivity contribution < 1.29 is 34.2 Å².